The van der Waals surface area contributed by atoms with E-state index < -0.39 is 6.10 Å². The largest absolute Gasteiger partial charge is 0.462 e. The second-order valence-electron chi connectivity index (χ2n) is 20.0. The topological polar surface area (TPSA) is 78.9 Å². The second kappa shape index (κ2) is 58.4. The van der Waals surface area contributed by atoms with E-state index in [1.54, 1.807) is 0 Å². The molecule has 6 nitrogen and oxygen atoms in total. The van der Waals surface area contributed by atoms with E-state index in [0.717, 1.165) is 83.5 Å². The number of hydrogen-bond acceptors (Lipinski definition) is 6. The van der Waals surface area contributed by atoms with Crippen LogP contribution in [0.5, 0.6) is 0 Å². The summed E-state index contributed by atoms with van der Waals surface area (Å²) >= 11 is 0. The van der Waals surface area contributed by atoms with Gasteiger partial charge < -0.3 is 14.2 Å². The third kappa shape index (κ3) is 55.8. The molecule has 1 unspecified atom stereocenters. The van der Waals surface area contributed by atoms with E-state index in [1.807, 2.05) is 42.5 Å². The Kier molecular flexibility index (Phi) is 55.8. The zero-order valence-corrected chi connectivity index (χ0v) is 46.3. The van der Waals surface area contributed by atoms with Crippen LogP contribution in [0.15, 0.2) is 72.9 Å². The Bertz CT molecular complexity index is 1310. The summed E-state index contributed by atoms with van der Waals surface area (Å²) in [7, 11) is 0. The van der Waals surface area contributed by atoms with E-state index >= 15 is 0 Å². The van der Waals surface area contributed by atoms with Crippen LogP contribution in [0.2, 0.25) is 0 Å². The molecule has 70 heavy (non-hydrogen) atoms. The molecule has 0 spiro atoms. The van der Waals surface area contributed by atoms with Crippen molar-refractivity contribution in [3.05, 3.63) is 72.9 Å². The third-order valence-corrected chi connectivity index (χ3v) is 13.1. The van der Waals surface area contributed by atoms with Gasteiger partial charge in [-0.15, -0.1) is 0 Å². The maximum absolute atomic E-state index is 12.9. The number of rotatable bonds is 54. The van der Waals surface area contributed by atoms with E-state index in [0.29, 0.717) is 19.3 Å². The minimum absolute atomic E-state index is 0.0901. The predicted octanol–water partition coefficient (Wildman–Crippen LogP) is 20.2. The lowest BCUT2D eigenvalue weighted by Gasteiger charge is -2.18. The van der Waals surface area contributed by atoms with Crippen LogP contribution in [-0.2, 0) is 28.6 Å². The number of esters is 3. The summed E-state index contributed by atoms with van der Waals surface area (Å²) in [6.45, 7) is 6.49. The van der Waals surface area contributed by atoms with Gasteiger partial charge in [-0.05, 0) is 64.2 Å². The van der Waals surface area contributed by atoms with E-state index in [9.17, 15) is 14.4 Å². The monoisotopic (exact) mass is 977 g/mol. The summed E-state index contributed by atoms with van der Waals surface area (Å²) in [6, 6.07) is 0. The zero-order valence-electron chi connectivity index (χ0n) is 46.3. The Balaban J connectivity index is 4.41. The van der Waals surface area contributed by atoms with Crippen molar-refractivity contribution in [2.45, 2.75) is 303 Å². The molecule has 0 aliphatic heterocycles. The molecule has 0 heterocycles. The molecule has 0 aromatic rings. The summed E-state index contributed by atoms with van der Waals surface area (Å²) < 4.78 is 16.9. The van der Waals surface area contributed by atoms with Gasteiger partial charge in [0.05, 0.1) is 0 Å². The Morgan fingerprint density at radius 3 is 0.929 bits per heavy atom. The number of unbranched alkanes of at least 4 members (excludes halogenated alkanes) is 35. The summed E-state index contributed by atoms with van der Waals surface area (Å²) in [6.07, 6.45) is 74.7. The fourth-order valence-electron chi connectivity index (χ4n) is 8.58. The molecule has 0 rings (SSSR count). The molecule has 404 valence electrons. The maximum atomic E-state index is 12.9. The van der Waals surface area contributed by atoms with Gasteiger partial charge in [0.25, 0.3) is 0 Å². The first kappa shape index (κ1) is 66.9. The fourth-order valence-corrected chi connectivity index (χ4v) is 8.58. The van der Waals surface area contributed by atoms with Crippen LogP contribution >= 0.6 is 0 Å². The van der Waals surface area contributed by atoms with Crippen molar-refractivity contribution in [1.29, 1.82) is 0 Å². The molecule has 0 aromatic heterocycles. The highest BCUT2D eigenvalue weighted by Crippen LogP contribution is 2.17. The molecule has 6 heteroatoms. The summed E-state index contributed by atoms with van der Waals surface area (Å²) in [5.41, 5.74) is 0. The van der Waals surface area contributed by atoms with Crippen LogP contribution in [-0.4, -0.2) is 37.2 Å². The first-order chi connectivity index (χ1) is 34.5. The van der Waals surface area contributed by atoms with Gasteiger partial charge in [0.15, 0.2) is 6.10 Å². The standard InChI is InChI=1S/C64H112O6/c1-4-7-10-13-16-19-22-25-28-30-32-34-36-39-42-45-48-51-54-57-63(66)69-60-61(59-68-62(65)56-53-50-47-44-41-38-35-27-24-21-18-15-12-9-6-3)70-64(67)58-55-52-49-46-43-40-37-33-31-29-26-23-20-17-14-11-8-5-2/h9,12,15,18,21,24,27,33,35,37-38,41,61H,4-8,10-11,13-14,16-17,19-20,22-23,25-26,28-32,34,36,39-40,42-60H2,1-3H3/b12-9-,18-15-,24-21-,35-27-,37-33-,41-38-. The van der Waals surface area contributed by atoms with Crippen LogP contribution in [0.25, 0.3) is 0 Å². The molecule has 0 amide bonds. The Morgan fingerprint density at radius 2 is 0.571 bits per heavy atom. The molecule has 0 aliphatic rings. The lowest BCUT2D eigenvalue weighted by molar-refractivity contribution is -0.167. The quantitative estimate of drug-likeness (QED) is 0.0199. The van der Waals surface area contributed by atoms with E-state index in [2.05, 4.69) is 51.2 Å². The van der Waals surface area contributed by atoms with Crippen LogP contribution in [0.1, 0.15) is 297 Å². The first-order valence-electron chi connectivity index (χ1n) is 30.0. The van der Waals surface area contributed by atoms with Crippen LogP contribution < -0.4 is 0 Å². The summed E-state index contributed by atoms with van der Waals surface area (Å²) in [4.78, 5) is 38.2. The lowest BCUT2D eigenvalue weighted by atomic mass is 10.0. The molecule has 0 aliphatic carbocycles. The van der Waals surface area contributed by atoms with Crippen LogP contribution in [0.4, 0.5) is 0 Å². The van der Waals surface area contributed by atoms with Gasteiger partial charge in [-0.2, -0.15) is 0 Å². The highest BCUT2D eigenvalue weighted by molar-refractivity contribution is 5.71. The van der Waals surface area contributed by atoms with Crippen LogP contribution in [0.3, 0.4) is 0 Å². The van der Waals surface area contributed by atoms with Gasteiger partial charge in [0.1, 0.15) is 13.2 Å². The second-order valence-corrected chi connectivity index (χ2v) is 20.0. The van der Waals surface area contributed by atoms with Crippen LogP contribution in [0, 0.1) is 0 Å². The Morgan fingerprint density at radius 1 is 0.300 bits per heavy atom. The minimum atomic E-state index is -0.796. The van der Waals surface area contributed by atoms with E-state index in [-0.39, 0.29) is 31.1 Å². The van der Waals surface area contributed by atoms with E-state index in [4.69, 9.17) is 14.2 Å². The summed E-state index contributed by atoms with van der Waals surface area (Å²) in [5, 5.41) is 0. The highest BCUT2D eigenvalue weighted by Gasteiger charge is 2.19. The van der Waals surface area contributed by atoms with Gasteiger partial charge >= 0.3 is 17.9 Å². The number of ether oxygens (including phenoxy) is 3. The van der Waals surface area contributed by atoms with Gasteiger partial charge in [0.2, 0.25) is 0 Å². The van der Waals surface area contributed by atoms with Gasteiger partial charge in [-0.1, -0.05) is 286 Å². The van der Waals surface area contributed by atoms with Gasteiger partial charge in [-0.3, -0.25) is 14.4 Å². The molecule has 0 fully saturated rings. The minimum Gasteiger partial charge on any atom is -0.462 e. The predicted molar refractivity (Wildman–Crippen MR) is 302 cm³/mol. The van der Waals surface area contributed by atoms with Crippen molar-refractivity contribution < 1.29 is 28.6 Å². The van der Waals surface area contributed by atoms with Crippen molar-refractivity contribution in [1.82, 2.24) is 0 Å². The number of carbonyl (C=O) groups is 3. The van der Waals surface area contributed by atoms with Crippen molar-refractivity contribution >= 4 is 17.9 Å². The molecule has 0 radical (unpaired) electrons. The van der Waals surface area contributed by atoms with Crippen molar-refractivity contribution in [2.75, 3.05) is 13.2 Å². The van der Waals surface area contributed by atoms with Gasteiger partial charge in [0, 0.05) is 19.3 Å². The lowest BCUT2D eigenvalue weighted by Crippen LogP contribution is -2.30. The molecule has 0 bridgehead atoms. The molecule has 0 N–H and O–H groups in total. The molecule has 0 aromatic carbocycles. The highest BCUT2D eigenvalue weighted by atomic mass is 16.6. The first-order valence-corrected chi connectivity index (χ1v) is 30.0. The molecule has 1 atom stereocenters. The number of carbonyl (C=O) groups excluding carboxylic acids is 3. The SMILES string of the molecule is CC\C=C/C=C\C=C/C=C\C=C/CCCCCC(=O)OCC(COC(=O)CCCCCCCCCCCCCCCCCCCCC)OC(=O)CCCCCCC/C=C\CCCCCCCCCCC. The average molecular weight is 978 g/mol. The normalized spacial score (nSPS) is 12.6. The van der Waals surface area contributed by atoms with Gasteiger partial charge in [-0.25, -0.2) is 0 Å². The molecular formula is C64H112O6. The average Bonchev–Trinajstić information content (AvgIpc) is 3.36. The maximum Gasteiger partial charge on any atom is 0.306 e. The van der Waals surface area contributed by atoms with Crippen molar-refractivity contribution in [3.63, 3.8) is 0 Å². The van der Waals surface area contributed by atoms with E-state index in [1.165, 1.54) is 173 Å². The number of hydrogen-bond donors (Lipinski definition) is 0. The molecule has 0 saturated heterocycles. The molecular weight excluding hydrogens is 865 g/mol. The van der Waals surface area contributed by atoms with Crippen molar-refractivity contribution in [2.24, 2.45) is 0 Å². The molecule has 0 saturated carbocycles. The third-order valence-electron chi connectivity index (χ3n) is 13.1. The fraction of sp³-hybridized carbons (Fsp3) is 0.766. The Labute approximate surface area is 433 Å². The van der Waals surface area contributed by atoms with Crippen molar-refractivity contribution in [3.8, 4) is 0 Å². The Hall–Kier alpha value is -3.15. The smallest absolute Gasteiger partial charge is 0.306 e. The summed E-state index contributed by atoms with van der Waals surface area (Å²) in [5.74, 6) is -0.929. The zero-order chi connectivity index (χ0) is 50.7. The number of allylic oxidation sites excluding steroid dienone is 12.